The SMILES string of the molecule is CCOC(=O)C(=O)C1CCNCC1. The molecule has 1 N–H and O–H groups in total. The molecule has 0 aliphatic carbocycles. The Labute approximate surface area is 77.6 Å². The van der Waals surface area contributed by atoms with Gasteiger partial charge in [0.05, 0.1) is 6.61 Å². The van der Waals surface area contributed by atoms with Crippen molar-refractivity contribution >= 4 is 11.8 Å². The fourth-order valence-corrected chi connectivity index (χ4v) is 1.45. The molecule has 0 saturated carbocycles. The molecule has 1 saturated heterocycles. The van der Waals surface area contributed by atoms with E-state index in [0.717, 1.165) is 25.9 Å². The lowest BCUT2D eigenvalue weighted by molar-refractivity contribution is -0.155. The lowest BCUT2D eigenvalue weighted by Gasteiger charge is -2.20. The number of carbonyl (C=O) groups is 2. The molecular formula is C9H15NO3. The molecule has 1 heterocycles. The molecule has 74 valence electrons. The standard InChI is InChI=1S/C9H15NO3/c1-2-13-9(12)8(11)7-3-5-10-6-4-7/h7,10H,2-6H2,1H3. The van der Waals surface area contributed by atoms with E-state index in [-0.39, 0.29) is 18.3 Å². The second kappa shape index (κ2) is 4.97. The number of ketones is 1. The zero-order valence-electron chi connectivity index (χ0n) is 7.84. The molecule has 0 aromatic rings. The van der Waals surface area contributed by atoms with Crippen LogP contribution >= 0.6 is 0 Å². The molecule has 0 aromatic carbocycles. The molecule has 0 unspecified atom stereocenters. The summed E-state index contributed by atoms with van der Waals surface area (Å²) in [5.41, 5.74) is 0. The number of ether oxygens (including phenoxy) is 1. The van der Waals surface area contributed by atoms with E-state index >= 15 is 0 Å². The van der Waals surface area contributed by atoms with Crippen LogP contribution in [-0.4, -0.2) is 31.4 Å². The normalized spacial score (nSPS) is 18.2. The smallest absolute Gasteiger partial charge is 0.374 e. The molecule has 1 rings (SSSR count). The Balaban J connectivity index is 2.40. The van der Waals surface area contributed by atoms with Crippen LogP contribution in [0, 0.1) is 5.92 Å². The van der Waals surface area contributed by atoms with E-state index in [1.54, 1.807) is 6.92 Å². The van der Waals surface area contributed by atoms with Crippen molar-refractivity contribution in [2.45, 2.75) is 19.8 Å². The zero-order valence-corrected chi connectivity index (χ0v) is 7.84. The Morgan fingerprint density at radius 1 is 1.38 bits per heavy atom. The quantitative estimate of drug-likeness (QED) is 0.501. The predicted octanol–water partition coefficient (Wildman–Crippen LogP) is 0.118. The van der Waals surface area contributed by atoms with Gasteiger partial charge in [0, 0.05) is 5.92 Å². The first-order valence-corrected chi connectivity index (χ1v) is 4.67. The van der Waals surface area contributed by atoms with Crippen LogP contribution in [0.25, 0.3) is 0 Å². The Hall–Kier alpha value is -0.900. The van der Waals surface area contributed by atoms with E-state index in [9.17, 15) is 9.59 Å². The first kappa shape index (κ1) is 10.2. The number of piperidine rings is 1. The van der Waals surface area contributed by atoms with Crippen LogP contribution in [0.15, 0.2) is 0 Å². The van der Waals surface area contributed by atoms with Gasteiger partial charge in [-0.2, -0.15) is 0 Å². The third-order valence-corrected chi connectivity index (χ3v) is 2.19. The molecule has 0 radical (unpaired) electrons. The minimum atomic E-state index is -0.672. The van der Waals surface area contributed by atoms with E-state index in [4.69, 9.17) is 0 Å². The third-order valence-electron chi connectivity index (χ3n) is 2.19. The highest BCUT2D eigenvalue weighted by Crippen LogP contribution is 2.13. The number of rotatable bonds is 3. The van der Waals surface area contributed by atoms with Gasteiger partial charge in [-0.3, -0.25) is 4.79 Å². The minimum absolute atomic E-state index is 0.125. The van der Waals surface area contributed by atoms with E-state index in [0.29, 0.717) is 0 Å². The molecule has 4 heteroatoms. The van der Waals surface area contributed by atoms with Crippen molar-refractivity contribution < 1.29 is 14.3 Å². The minimum Gasteiger partial charge on any atom is -0.460 e. The number of esters is 1. The van der Waals surface area contributed by atoms with Crippen LogP contribution in [0.5, 0.6) is 0 Å². The summed E-state index contributed by atoms with van der Waals surface area (Å²) in [6, 6.07) is 0. The number of nitrogens with one attached hydrogen (secondary N) is 1. The summed E-state index contributed by atoms with van der Waals surface area (Å²) in [5, 5.41) is 3.14. The van der Waals surface area contributed by atoms with Gasteiger partial charge in [0.1, 0.15) is 0 Å². The van der Waals surface area contributed by atoms with Gasteiger partial charge >= 0.3 is 5.97 Å². The maximum Gasteiger partial charge on any atom is 0.374 e. The Morgan fingerprint density at radius 3 is 2.54 bits per heavy atom. The van der Waals surface area contributed by atoms with Gasteiger partial charge < -0.3 is 10.1 Å². The van der Waals surface area contributed by atoms with Crippen LogP contribution in [0.3, 0.4) is 0 Å². The maximum absolute atomic E-state index is 11.4. The summed E-state index contributed by atoms with van der Waals surface area (Å²) in [6.45, 7) is 3.61. The van der Waals surface area contributed by atoms with Crippen LogP contribution < -0.4 is 5.32 Å². The van der Waals surface area contributed by atoms with E-state index in [1.807, 2.05) is 0 Å². The van der Waals surface area contributed by atoms with Gasteiger partial charge in [-0.25, -0.2) is 4.79 Å². The Bertz CT molecular complexity index is 197. The number of hydrogen-bond acceptors (Lipinski definition) is 4. The highest BCUT2D eigenvalue weighted by atomic mass is 16.5. The van der Waals surface area contributed by atoms with Crippen molar-refractivity contribution in [3.05, 3.63) is 0 Å². The Morgan fingerprint density at radius 2 is 2.00 bits per heavy atom. The molecule has 0 atom stereocenters. The van der Waals surface area contributed by atoms with Crippen LogP contribution in [-0.2, 0) is 14.3 Å². The summed E-state index contributed by atoms with van der Waals surface area (Å²) in [4.78, 5) is 22.4. The molecule has 1 aliphatic rings. The van der Waals surface area contributed by atoms with Crippen molar-refractivity contribution in [2.75, 3.05) is 19.7 Å². The van der Waals surface area contributed by atoms with E-state index in [1.165, 1.54) is 0 Å². The van der Waals surface area contributed by atoms with Gasteiger partial charge in [-0.05, 0) is 32.9 Å². The van der Waals surface area contributed by atoms with Gasteiger partial charge in [0.15, 0.2) is 0 Å². The van der Waals surface area contributed by atoms with Crippen molar-refractivity contribution in [2.24, 2.45) is 5.92 Å². The topological polar surface area (TPSA) is 55.4 Å². The molecule has 0 spiro atoms. The van der Waals surface area contributed by atoms with E-state index < -0.39 is 5.97 Å². The fraction of sp³-hybridized carbons (Fsp3) is 0.778. The van der Waals surface area contributed by atoms with Crippen molar-refractivity contribution in [1.29, 1.82) is 0 Å². The second-order valence-electron chi connectivity index (χ2n) is 3.11. The number of hydrogen-bond donors (Lipinski definition) is 1. The highest BCUT2D eigenvalue weighted by Gasteiger charge is 2.27. The number of Topliss-reactive ketones (excluding diaryl/α,β-unsaturated/α-hetero) is 1. The van der Waals surface area contributed by atoms with Gasteiger partial charge in [0.2, 0.25) is 5.78 Å². The number of carbonyl (C=O) groups excluding carboxylic acids is 2. The summed E-state index contributed by atoms with van der Waals surface area (Å²) < 4.78 is 4.65. The highest BCUT2D eigenvalue weighted by molar-refractivity contribution is 6.34. The van der Waals surface area contributed by atoms with E-state index in [2.05, 4.69) is 10.1 Å². The van der Waals surface area contributed by atoms with Gasteiger partial charge in [0.25, 0.3) is 0 Å². The molecule has 4 nitrogen and oxygen atoms in total. The third kappa shape index (κ3) is 2.81. The molecule has 0 bridgehead atoms. The van der Waals surface area contributed by atoms with Crippen LogP contribution in [0.1, 0.15) is 19.8 Å². The molecule has 1 fully saturated rings. The van der Waals surface area contributed by atoms with Gasteiger partial charge in [-0.15, -0.1) is 0 Å². The fourth-order valence-electron chi connectivity index (χ4n) is 1.45. The lowest BCUT2D eigenvalue weighted by Crippen LogP contribution is -2.35. The van der Waals surface area contributed by atoms with Crippen molar-refractivity contribution in [3.8, 4) is 0 Å². The maximum atomic E-state index is 11.4. The largest absolute Gasteiger partial charge is 0.460 e. The van der Waals surface area contributed by atoms with Crippen molar-refractivity contribution in [3.63, 3.8) is 0 Å². The molecule has 0 amide bonds. The predicted molar refractivity (Wildman–Crippen MR) is 47.2 cm³/mol. The zero-order chi connectivity index (χ0) is 9.68. The average Bonchev–Trinajstić information content (AvgIpc) is 2.18. The van der Waals surface area contributed by atoms with Crippen LogP contribution in [0.4, 0.5) is 0 Å². The molecule has 0 aromatic heterocycles. The summed E-state index contributed by atoms with van der Waals surface area (Å²) >= 11 is 0. The second-order valence-corrected chi connectivity index (χ2v) is 3.11. The molecule has 13 heavy (non-hydrogen) atoms. The Kier molecular flexibility index (Phi) is 3.89. The van der Waals surface area contributed by atoms with Crippen molar-refractivity contribution in [1.82, 2.24) is 5.32 Å². The lowest BCUT2D eigenvalue weighted by atomic mass is 9.94. The summed E-state index contributed by atoms with van der Waals surface area (Å²) in [7, 11) is 0. The average molecular weight is 185 g/mol. The molecular weight excluding hydrogens is 170 g/mol. The monoisotopic (exact) mass is 185 g/mol. The first-order chi connectivity index (χ1) is 6.25. The summed E-state index contributed by atoms with van der Waals surface area (Å²) in [6.07, 6.45) is 1.50. The van der Waals surface area contributed by atoms with Gasteiger partial charge in [-0.1, -0.05) is 0 Å². The van der Waals surface area contributed by atoms with Crippen LogP contribution in [0.2, 0.25) is 0 Å². The first-order valence-electron chi connectivity index (χ1n) is 4.67. The summed E-state index contributed by atoms with van der Waals surface area (Å²) in [5.74, 6) is -1.15. The molecule has 1 aliphatic heterocycles.